The number of anilines is 1. The van der Waals surface area contributed by atoms with Gasteiger partial charge in [-0.1, -0.05) is 44.2 Å². The van der Waals surface area contributed by atoms with Crippen LogP contribution in [0.3, 0.4) is 0 Å². The molecule has 34 heavy (non-hydrogen) atoms. The number of nitrogens with one attached hydrogen (secondary N) is 2. The highest BCUT2D eigenvalue weighted by atomic mass is 16.5. The van der Waals surface area contributed by atoms with Crippen molar-refractivity contribution in [1.29, 1.82) is 0 Å². The van der Waals surface area contributed by atoms with Gasteiger partial charge in [-0.05, 0) is 44.0 Å². The van der Waals surface area contributed by atoms with Gasteiger partial charge >= 0.3 is 6.03 Å². The smallest absolute Gasteiger partial charge is 0.318 e. The Morgan fingerprint density at radius 3 is 2.29 bits per heavy atom. The highest BCUT2D eigenvalue weighted by molar-refractivity contribution is 5.93. The van der Waals surface area contributed by atoms with E-state index in [2.05, 4.69) is 15.6 Å². The van der Waals surface area contributed by atoms with Crippen LogP contribution in [-0.2, 0) is 4.79 Å². The quantitative estimate of drug-likeness (QED) is 0.487. The van der Waals surface area contributed by atoms with E-state index in [1.807, 2.05) is 93.1 Å². The average Bonchev–Trinajstić information content (AvgIpc) is 3.22. The van der Waals surface area contributed by atoms with Crippen molar-refractivity contribution < 1.29 is 14.3 Å². The normalized spacial score (nSPS) is 10.9. The van der Waals surface area contributed by atoms with Crippen LogP contribution in [-0.4, -0.2) is 52.6 Å². The van der Waals surface area contributed by atoms with Gasteiger partial charge in [0.05, 0.1) is 12.8 Å². The average molecular weight is 464 g/mol. The van der Waals surface area contributed by atoms with Crippen molar-refractivity contribution >= 4 is 17.9 Å². The van der Waals surface area contributed by atoms with Crippen LogP contribution in [0.1, 0.15) is 27.7 Å². The summed E-state index contributed by atoms with van der Waals surface area (Å²) in [5.74, 6) is 1.01. The van der Waals surface area contributed by atoms with E-state index in [1.54, 1.807) is 7.11 Å². The molecular weight excluding hydrogens is 430 g/mol. The minimum Gasteiger partial charge on any atom is -0.497 e. The number of hydrogen-bond donors (Lipinski definition) is 2. The summed E-state index contributed by atoms with van der Waals surface area (Å²) in [6, 6.07) is 17.0. The largest absolute Gasteiger partial charge is 0.497 e. The van der Waals surface area contributed by atoms with Gasteiger partial charge in [0.2, 0.25) is 11.9 Å². The van der Waals surface area contributed by atoms with Crippen LogP contribution >= 0.6 is 0 Å². The molecule has 8 heteroatoms. The Morgan fingerprint density at radius 2 is 1.71 bits per heavy atom. The molecule has 8 nitrogen and oxygen atoms in total. The first-order valence-corrected chi connectivity index (χ1v) is 11.4. The minimum atomic E-state index is -0.320. The Balaban J connectivity index is 1.88. The summed E-state index contributed by atoms with van der Waals surface area (Å²) >= 11 is 0. The summed E-state index contributed by atoms with van der Waals surface area (Å²) in [6.45, 7) is 8.19. The Hall–Kier alpha value is -3.81. The lowest BCUT2D eigenvalue weighted by molar-refractivity contribution is -0.116. The summed E-state index contributed by atoms with van der Waals surface area (Å²) in [5, 5.41) is 5.77. The number of imidazole rings is 1. The zero-order chi connectivity index (χ0) is 24.7. The highest BCUT2D eigenvalue weighted by Crippen LogP contribution is 2.25. The fraction of sp³-hybridized carbons (Fsp3) is 0.346. The van der Waals surface area contributed by atoms with E-state index in [0.29, 0.717) is 12.5 Å². The van der Waals surface area contributed by atoms with E-state index in [1.165, 1.54) is 4.90 Å². The molecule has 180 valence electrons. The molecule has 0 aliphatic rings. The molecule has 0 saturated carbocycles. The zero-order valence-corrected chi connectivity index (χ0v) is 20.4. The van der Waals surface area contributed by atoms with Gasteiger partial charge in [-0.2, -0.15) is 0 Å². The first-order valence-electron chi connectivity index (χ1n) is 11.4. The summed E-state index contributed by atoms with van der Waals surface area (Å²) in [5.41, 5.74) is 2.48. The number of methoxy groups -OCH3 is 1. The second-order valence-corrected chi connectivity index (χ2v) is 8.81. The molecule has 0 radical (unpaired) electrons. The van der Waals surface area contributed by atoms with Gasteiger partial charge in [0.15, 0.2) is 0 Å². The number of ether oxygens (including phenoxy) is 1. The number of nitrogens with zero attached hydrogens (tertiary/aromatic N) is 3. The molecule has 2 aromatic carbocycles. The maximum atomic E-state index is 13.0. The predicted octanol–water partition coefficient (Wildman–Crippen LogP) is 4.56. The number of benzene rings is 2. The third-order valence-electron chi connectivity index (χ3n) is 5.00. The Kier molecular flexibility index (Phi) is 8.29. The van der Waals surface area contributed by atoms with Crippen LogP contribution in [0.4, 0.5) is 10.7 Å². The topological polar surface area (TPSA) is 88.5 Å². The number of rotatable bonds is 9. The van der Waals surface area contributed by atoms with E-state index in [-0.39, 0.29) is 30.4 Å². The summed E-state index contributed by atoms with van der Waals surface area (Å²) in [6.07, 6.45) is 1.88. The first-order chi connectivity index (χ1) is 16.3. The fourth-order valence-corrected chi connectivity index (χ4v) is 3.49. The summed E-state index contributed by atoms with van der Waals surface area (Å²) in [4.78, 5) is 31.8. The van der Waals surface area contributed by atoms with Crippen molar-refractivity contribution in [2.24, 2.45) is 5.92 Å². The van der Waals surface area contributed by atoms with Crippen molar-refractivity contribution in [3.05, 3.63) is 60.8 Å². The lowest BCUT2D eigenvalue weighted by Gasteiger charge is -2.25. The van der Waals surface area contributed by atoms with E-state index in [0.717, 1.165) is 22.7 Å². The monoisotopic (exact) mass is 463 g/mol. The van der Waals surface area contributed by atoms with Crippen molar-refractivity contribution in [1.82, 2.24) is 19.8 Å². The summed E-state index contributed by atoms with van der Waals surface area (Å²) in [7, 11) is 1.61. The lowest BCUT2D eigenvalue weighted by atomic mass is 10.2. The molecule has 2 N–H and O–H groups in total. The Morgan fingerprint density at radius 1 is 1.03 bits per heavy atom. The van der Waals surface area contributed by atoms with Crippen LogP contribution in [0.5, 0.6) is 5.75 Å². The molecule has 3 aromatic rings. The molecule has 0 atom stereocenters. The number of carbonyl (C=O) groups excluding carboxylic acids is 2. The van der Waals surface area contributed by atoms with Crippen LogP contribution in [0.2, 0.25) is 0 Å². The van der Waals surface area contributed by atoms with Gasteiger partial charge in [0.1, 0.15) is 12.3 Å². The van der Waals surface area contributed by atoms with E-state index < -0.39 is 0 Å². The second kappa shape index (κ2) is 11.4. The van der Waals surface area contributed by atoms with Crippen LogP contribution < -0.4 is 15.4 Å². The maximum absolute atomic E-state index is 13.0. The first kappa shape index (κ1) is 24.8. The molecule has 0 saturated heterocycles. The molecule has 0 spiro atoms. The number of carbonyl (C=O) groups is 2. The molecule has 0 aliphatic carbocycles. The molecule has 3 rings (SSSR count). The van der Waals surface area contributed by atoms with Crippen LogP contribution in [0.15, 0.2) is 60.8 Å². The van der Waals surface area contributed by atoms with Crippen molar-refractivity contribution in [3.63, 3.8) is 0 Å². The molecule has 0 bridgehead atoms. The molecule has 1 heterocycles. The highest BCUT2D eigenvalue weighted by Gasteiger charge is 2.21. The van der Waals surface area contributed by atoms with E-state index in [4.69, 9.17) is 4.74 Å². The standard InChI is InChI=1S/C26H33N5O3/c1-18(2)15-30(26(33)27-19(3)4)17-24(32)29-25-28-23(20-9-7-6-8-10-20)16-31(25)21-11-13-22(34-5)14-12-21/h6-14,16,18-19H,15,17H2,1-5H3,(H,27,33)(H,28,29,32). The van der Waals surface area contributed by atoms with Crippen molar-refractivity contribution in [2.45, 2.75) is 33.7 Å². The van der Waals surface area contributed by atoms with Gasteiger partial charge in [-0.3, -0.25) is 14.7 Å². The van der Waals surface area contributed by atoms with Gasteiger partial charge < -0.3 is 15.0 Å². The summed E-state index contributed by atoms with van der Waals surface area (Å²) < 4.78 is 7.08. The third-order valence-corrected chi connectivity index (χ3v) is 5.00. The Labute approximate surface area is 200 Å². The molecule has 0 fully saturated rings. The Bertz CT molecular complexity index is 1090. The zero-order valence-electron chi connectivity index (χ0n) is 20.4. The van der Waals surface area contributed by atoms with Crippen molar-refractivity contribution in [3.8, 4) is 22.7 Å². The van der Waals surface area contributed by atoms with Crippen LogP contribution in [0, 0.1) is 5.92 Å². The maximum Gasteiger partial charge on any atom is 0.318 e. The van der Waals surface area contributed by atoms with E-state index >= 15 is 0 Å². The molecule has 1 aromatic heterocycles. The van der Waals surface area contributed by atoms with Gasteiger partial charge in [-0.25, -0.2) is 9.78 Å². The van der Waals surface area contributed by atoms with Gasteiger partial charge in [0, 0.05) is 30.0 Å². The molecule has 0 unspecified atom stereocenters. The van der Waals surface area contributed by atoms with E-state index in [9.17, 15) is 9.59 Å². The van der Waals surface area contributed by atoms with Gasteiger partial charge in [0.25, 0.3) is 0 Å². The number of amides is 3. The molecular formula is C26H33N5O3. The molecule has 0 aliphatic heterocycles. The third kappa shape index (κ3) is 6.60. The number of aromatic nitrogens is 2. The number of hydrogen-bond acceptors (Lipinski definition) is 4. The van der Waals surface area contributed by atoms with Crippen LogP contribution in [0.25, 0.3) is 16.9 Å². The van der Waals surface area contributed by atoms with Crippen molar-refractivity contribution in [2.75, 3.05) is 25.5 Å². The predicted molar refractivity (Wildman–Crippen MR) is 134 cm³/mol. The SMILES string of the molecule is COc1ccc(-n2cc(-c3ccccc3)nc2NC(=O)CN(CC(C)C)C(=O)NC(C)C)cc1. The minimum absolute atomic E-state index is 0.0207. The van der Waals surface area contributed by atoms with Gasteiger partial charge in [-0.15, -0.1) is 0 Å². The lowest BCUT2D eigenvalue weighted by Crippen LogP contribution is -2.47. The molecule has 3 amide bonds. The fourth-order valence-electron chi connectivity index (χ4n) is 3.49. The number of urea groups is 1. The second-order valence-electron chi connectivity index (χ2n) is 8.81.